The van der Waals surface area contributed by atoms with Gasteiger partial charge >= 0.3 is 0 Å². The molecule has 0 spiro atoms. The lowest BCUT2D eigenvalue weighted by Gasteiger charge is -2.30. The summed E-state index contributed by atoms with van der Waals surface area (Å²) in [7, 11) is 0. The first kappa shape index (κ1) is 17.1. The Balaban J connectivity index is 1.72. The maximum atomic E-state index is 12.5. The van der Waals surface area contributed by atoms with Gasteiger partial charge in [-0.1, -0.05) is 12.1 Å². The molecule has 24 heavy (non-hydrogen) atoms. The maximum Gasteiger partial charge on any atom is 0.238 e. The van der Waals surface area contributed by atoms with Crippen molar-refractivity contribution in [3.63, 3.8) is 0 Å². The Labute approximate surface area is 141 Å². The van der Waals surface area contributed by atoms with E-state index in [1.165, 1.54) is 6.92 Å². The lowest BCUT2D eigenvalue weighted by molar-refractivity contribution is -0.118. The van der Waals surface area contributed by atoms with Crippen LogP contribution in [-0.4, -0.2) is 57.6 Å². The summed E-state index contributed by atoms with van der Waals surface area (Å²) >= 11 is 0. The Morgan fingerprint density at radius 2 is 1.67 bits per heavy atom. The van der Waals surface area contributed by atoms with Crippen molar-refractivity contribution >= 4 is 17.4 Å². The molecule has 2 fully saturated rings. The number of carbonyl (C=O) groups excluding carboxylic acids is 2. The van der Waals surface area contributed by atoms with Gasteiger partial charge in [0, 0.05) is 17.6 Å². The van der Waals surface area contributed by atoms with Crippen LogP contribution in [0.5, 0.6) is 0 Å². The fourth-order valence-corrected chi connectivity index (χ4v) is 3.96. The first-order valence-electron chi connectivity index (χ1n) is 8.49. The molecule has 1 aromatic carbocycles. The minimum Gasteiger partial charge on any atom is -0.391 e. The Kier molecular flexibility index (Phi) is 4.99. The summed E-state index contributed by atoms with van der Waals surface area (Å²) in [4.78, 5) is 26.1. The van der Waals surface area contributed by atoms with Gasteiger partial charge in [0.25, 0.3) is 0 Å². The van der Waals surface area contributed by atoms with E-state index in [0.29, 0.717) is 24.1 Å². The largest absolute Gasteiger partial charge is 0.391 e. The average Bonchev–Trinajstić information content (AvgIpc) is 2.91. The monoisotopic (exact) mass is 332 g/mol. The molecule has 0 aliphatic carbocycles. The summed E-state index contributed by atoms with van der Waals surface area (Å²) in [6.07, 6.45) is 1.69. The first-order valence-corrected chi connectivity index (χ1v) is 8.49. The smallest absolute Gasteiger partial charge is 0.238 e. The third-order valence-corrected chi connectivity index (χ3v) is 5.16. The van der Waals surface area contributed by atoms with Gasteiger partial charge < -0.3 is 15.5 Å². The van der Waals surface area contributed by atoms with E-state index in [1.54, 1.807) is 24.3 Å². The zero-order valence-corrected chi connectivity index (χ0v) is 13.8. The molecule has 3 rings (SSSR count). The number of aliphatic hydroxyl groups excluding tert-OH is 2. The van der Waals surface area contributed by atoms with Gasteiger partial charge in [-0.15, -0.1) is 0 Å². The van der Waals surface area contributed by atoms with Gasteiger partial charge in [-0.25, -0.2) is 0 Å². The predicted molar refractivity (Wildman–Crippen MR) is 89.8 cm³/mol. The standard InChI is InChI=1S/C18H24N2O4/c1-11(21)12-4-2-3-5-13(12)19-18(24)10-20-14-6-7-15(20)17(23)9-8-16(14)22/h2-5,14-17,22-23H,6-10H2,1H3,(H,19,24). The van der Waals surface area contributed by atoms with E-state index < -0.39 is 12.2 Å². The molecule has 1 aromatic rings. The number of hydrogen-bond donors (Lipinski definition) is 3. The van der Waals surface area contributed by atoms with E-state index in [4.69, 9.17) is 0 Å². The Morgan fingerprint density at radius 3 is 2.25 bits per heavy atom. The van der Waals surface area contributed by atoms with Crippen LogP contribution in [-0.2, 0) is 4.79 Å². The number of Topliss-reactive ketones (excluding diaryl/α,β-unsaturated/α-hetero) is 1. The molecule has 0 aromatic heterocycles. The highest BCUT2D eigenvalue weighted by atomic mass is 16.3. The molecule has 1 amide bonds. The molecule has 2 bridgehead atoms. The number of benzene rings is 1. The van der Waals surface area contributed by atoms with Crippen molar-refractivity contribution in [2.45, 2.75) is 56.9 Å². The highest BCUT2D eigenvalue weighted by Gasteiger charge is 2.44. The number of para-hydroxylation sites is 1. The van der Waals surface area contributed by atoms with Gasteiger partial charge in [0.15, 0.2) is 5.78 Å². The fourth-order valence-electron chi connectivity index (χ4n) is 3.96. The minimum absolute atomic E-state index is 0.0825. The van der Waals surface area contributed by atoms with Gasteiger partial charge in [-0.3, -0.25) is 14.5 Å². The van der Waals surface area contributed by atoms with Crippen LogP contribution < -0.4 is 5.32 Å². The van der Waals surface area contributed by atoms with Gasteiger partial charge in [-0.05, 0) is 44.7 Å². The highest BCUT2D eigenvalue weighted by molar-refractivity contribution is 6.04. The lowest BCUT2D eigenvalue weighted by atomic mass is 9.97. The van der Waals surface area contributed by atoms with Crippen molar-refractivity contribution in [1.29, 1.82) is 0 Å². The molecule has 0 radical (unpaired) electrons. The summed E-state index contributed by atoms with van der Waals surface area (Å²) in [5, 5.41) is 23.3. The SMILES string of the molecule is CC(=O)c1ccccc1NC(=O)CN1C2CCC1C(O)CCC2O. The van der Waals surface area contributed by atoms with Gasteiger partial charge in [0.1, 0.15) is 0 Å². The number of carbonyl (C=O) groups is 2. The number of fused-ring (bicyclic) bond motifs is 2. The third-order valence-electron chi connectivity index (χ3n) is 5.16. The van der Waals surface area contributed by atoms with Crippen LogP contribution in [0.3, 0.4) is 0 Å². The lowest BCUT2D eigenvalue weighted by Crippen LogP contribution is -2.47. The van der Waals surface area contributed by atoms with E-state index in [2.05, 4.69) is 5.32 Å². The zero-order valence-electron chi connectivity index (χ0n) is 13.8. The second kappa shape index (κ2) is 7.01. The summed E-state index contributed by atoms with van der Waals surface area (Å²) in [6.45, 7) is 1.57. The molecular formula is C18H24N2O4. The van der Waals surface area contributed by atoms with Gasteiger partial charge in [0.05, 0.1) is 24.4 Å². The van der Waals surface area contributed by atoms with Crippen molar-refractivity contribution in [3.05, 3.63) is 29.8 Å². The van der Waals surface area contributed by atoms with Gasteiger partial charge in [-0.2, -0.15) is 0 Å². The topological polar surface area (TPSA) is 89.9 Å². The van der Waals surface area contributed by atoms with Crippen molar-refractivity contribution in [2.75, 3.05) is 11.9 Å². The van der Waals surface area contributed by atoms with Crippen molar-refractivity contribution in [1.82, 2.24) is 4.90 Å². The summed E-state index contributed by atoms with van der Waals surface area (Å²) in [5.74, 6) is -0.339. The molecular weight excluding hydrogens is 308 g/mol. The zero-order chi connectivity index (χ0) is 17.3. The second-order valence-electron chi connectivity index (χ2n) is 6.75. The van der Waals surface area contributed by atoms with E-state index in [1.807, 2.05) is 4.90 Å². The number of hydrogen-bond acceptors (Lipinski definition) is 5. The quantitative estimate of drug-likeness (QED) is 0.720. The number of ketones is 1. The van der Waals surface area contributed by atoms with E-state index in [9.17, 15) is 19.8 Å². The number of nitrogens with one attached hydrogen (secondary N) is 1. The highest BCUT2D eigenvalue weighted by Crippen LogP contribution is 2.34. The molecule has 0 saturated carbocycles. The molecule has 4 unspecified atom stereocenters. The molecule has 3 N–H and O–H groups in total. The number of rotatable bonds is 4. The average molecular weight is 332 g/mol. The van der Waals surface area contributed by atoms with Crippen LogP contribution in [0.15, 0.2) is 24.3 Å². The first-order chi connectivity index (χ1) is 11.5. The Bertz CT molecular complexity index is 615. The van der Waals surface area contributed by atoms with E-state index in [-0.39, 0.29) is 30.3 Å². The molecule has 2 heterocycles. The third kappa shape index (κ3) is 3.36. The van der Waals surface area contributed by atoms with Crippen LogP contribution in [0.25, 0.3) is 0 Å². The Hall–Kier alpha value is -1.76. The summed E-state index contributed by atoms with van der Waals surface area (Å²) < 4.78 is 0. The number of anilines is 1. The molecule has 6 heteroatoms. The van der Waals surface area contributed by atoms with Crippen LogP contribution in [0.2, 0.25) is 0 Å². The van der Waals surface area contributed by atoms with Crippen LogP contribution in [0.1, 0.15) is 43.0 Å². The predicted octanol–water partition coefficient (Wildman–Crippen LogP) is 1.18. The van der Waals surface area contributed by atoms with Crippen molar-refractivity contribution in [3.8, 4) is 0 Å². The minimum atomic E-state index is -0.510. The maximum absolute atomic E-state index is 12.5. The van der Waals surface area contributed by atoms with Crippen LogP contribution in [0.4, 0.5) is 5.69 Å². The second-order valence-corrected chi connectivity index (χ2v) is 6.75. The summed E-state index contributed by atoms with van der Waals surface area (Å²) in [6, 6.07) is 6.75. The molecule has 130 valence electrons. The number of aliphatic hydroxyl groups is 2. The normalized spacial score (nSPS) is 30.0. The molecule has 2 aliphatic heterocycles. The molecule has 2 aliphatic rings. The summed E-state index contributed by atoms with van der Waals surface area (Å²) in [5.41, 5.74) is 0.975. The van der Waals surface area contributed by atoms with Crippen molar-refractivity contribution in [2.24, 2.45) is 0 Å². The van der Waals surface area contributed by atoms with E-state index >= 15 is 0 Å². The fraction of sp³-hybridized carbons (Fsp3) is 0.556. The van der Waals surface area contributed by atoms with Crippen LogP contribution in [0, 0.1) is 0 Å². The number of amides is 1. The van der Waals surface area contributed by atoms with Gasteiger partial charge in [0.2, 0.25) is 5.91 Å². The molecule has 4 atom stereocenters. The Morgan fingerprint density at radius 1 is 1.08 bits per heavy atom. The molecule has 6 nitrogen and oxygen atoms in total. The molecule has 2 saturated heterocycles. The number of nitrogens with zero attached hydrogens (tertiary/aromatic N) is 1. The van der Waals surface area contributed by atoms with Crippen LogP contribution >= 0.6 is 0 Å². The van der Waals surface area contributed by atoms with E-state index in [0.717, 1.165) is 12.8 Å². The van der Waals surface area contributed by atoms with Crippen molar-refractivity contribution < 1.29 is 19.8 Å².